The maximum Gasteiger partial charge on any atom is 0.418 e. The Kier molecular flexibility index (Phi) is 5.31. The Hall–Kier alpha value is -3.16. The molecule has 8 heteroatoms. The van der Waals surface area contributed by atoms with E-state index in [2.05, 4.69) is 25.8 Å². The normalized spacial score (nSPS) is 11.2. The predicted octanol–water partition coefficient (Wildman–Crippen LogP) is 4.29. The smallest absolute Gasteiger partial charge is 0.353 e. The van der Waals surface area contributed by atoms with Crippen molar-refractivity contribution in [2.45, 2.75) is 12.6 Å². The Labute approximate surface area is 148 Å². The zero-order valence-corrected chi connectivity index (χ0v) is 13.7. The maximum absolute atomic E-state index is 13.1. The number of aromatic nitrogens is 3. The summed E-state index contributed by atoms with van der Waals surface area (Å²) in [5.41, 5.74) is 0.300. The van der Waals surface area contributed by atoms with Crippen molar-refractivity contribution in [1.29, 1.82) is 0 Å². The number of nitrogens with zero attached hydrogens (tertiary/aromatic N) is 3. The topological polar surface area (TPSA) is 62.7 Å². The molecule has 0 atom stereocenters. The van der Waals surface area contributed by atoms with Gasteiger partial charge in [-0.2, -0.15) is 23.3 Å². The highest BCUT2D eigenvalue weighted by molar-refractivity contribution is 5.61. The van der Waals surface area contributed by atoms with Gasteiger partial charge < -0.3 is 10.6 Å². The summed E-state index contributed by atoms with van der Waals surface area (Å²) in [4.78, 5) is 4.16. The summed E-state index contributed by atoms with van der Waals surface area (Å²) in [6.07, 6.45) is -2.42. The molecule has 0 bridgehead atoms. The van der Waals surface area contributed by atoms with Crippen LogP contribution in [0.15, 0.2) is 60.8 Å². The first kappa shape index (κ1) is 17.7. The van der Waals surface area contributed by atoms with Gasteiger partial charge in [0.1, 0.15) is 0 Å². The van der Waals surface area contributed by atoms with Crippen molar-refractivity contribution in [3.8, 4) is 0 Å². The van der Waals surface area contributed by atoms with E-state index in [1.165, 1.54) is 24.4 Å². The van der Waals surface area contributed by atoms with Gasteiger partial charge in [-0.05, 0) is 24.1 Å². The first-order chi connectivity index (χ1) is 12.5. The zero-order valence-electron chi connectivity index (χ0n) is 13.7. The molecular weight excluding hydrogens is 343 g/mol. The second-order valence-corrected chi connectivity index (χ2v) is 5.50. The molecule has 2 aromatic carbocycles. The van der Waals surface area contributed by atoms with Crippen molar-refractivity contribution < 1.29 is 13.2 Å². The van der Waals surface area contributed by atoms with Crippen molar-refractivity contribution in [1.82, 2.24) is 15.2 Å². The molecule has 0 aliphatic heterocycles. The predicted molar refractivity (Wildman–Crippen MR) is 93.2 cm³/mol. The highest BCUT2D eigenvalue weighted by atomic mass is 19.4. The van der Waals surface area contributed by atoms with E-state index in [1.807, 2.05) is 30.3 Å². The molecule has 0 aliphatic carbocycles. The molecule has 0 aliphatic rings. The van der Waals surface area contributed by atoms with Gasteiger partial charge in [0.05, 0.1) is 17.4 Å². The number of nitrogens with one attached hydrogen (secondary N) is 2. The zero-order chi connectivity index (χ0) is 18.4. The summed E-state index contributed by atoms with van der Waals surface area (Å²) < 4.78 is 39.2. The third-order valence-electron chi connectivity index (χ3n) is 3.59. The van der Waals surface area contributed by atoms with Crippen LogP contribution in [0, 0.1) is 0 Å². The lowest BCUT2D eigenvalue weighted by Crippen LogP contribution is -2.11. The number of anilines is 3. The number of halogens is 3. The Morgan fingerprint density at radius 2 is 1.65 bits per heavy atom. The quantitative estimate of drug-likeness (QED) is 0.687. The van der Waals surface area contributed by atoms with Crippen molar-refractivity contribution in [3.63, 3.8) is 0 Å². The summed E-state index contributed by atoms with van der Waals surface area (Å²) in [6, 6.07) is 15.1. The van der Waals surface area contributed by atoms with E-state index in [-0.39, 0.29) is 17.5 Å². The minimum Gasteiger partial charge on any atom is -0.353 e. The molecule has 1 aromatic heterocycles. The highest BCUT2D eigenvalue weighted by Gasteiger charge is 2.33. The third-order valence-corrected chi connectivity index (χ3v) is 3.59. The Balaban J connectivity index is 1.67. The summed E-state index contributed by atoms with van der Waals surface area (Å²) in [5, 5.41) is 13.3. The lowest BCUT2D eigenvalue weighted by Gasteiger charge is -2.14. The molecule has 26 heavy (non-hydrogen) atoms. The molecule has 5 nitrogen and oxygen atoms in total. The maximum atomic E-state index is 13.1. The van der Waals surface area contributed by atoms with E-state index in [1.54, 1.807) is 0 Å². The molecule has 0 amide bonds. The van der Waals surface area contributed by atoms with Crippen LogP contribution in [0.5, 0.6) is 0 Å². The number of para-hydroxylation sites is 1. The Morgan fingerprint density at radius 3 is 2.42 bits per heavy atom. The van der Waals surface area contributed by atoms with Crippen molar-refractivity contribution in [3.05, 3.63) is 71.9 Å². The molecule has 2 N–H and O–H groups in total. The van der Waals surface area contributed by atoms with E-state index >= 15 is 0 Å². The van der Waals surface area contributed by atoms with Crippen LogP contribution in [-0.2, 0) is 12.6 Å². The van der Waals surface area contributed by atoms with Crippen molar-refractivity contribution in [2.24, 2.45) is 0 Å². The van der Waals surface area contributed by atoms with Gasteiger partial charge >= 0.3 is 6.18 Å². The minimum absolute atomic E-state index is 0.0873. The van der Waals surface area contributed by atoms with Gasteiger partial charge in [-0.25, -0.2) is 0 Å². The number of benzene rings is 2. The number of rotatable bonds is 6. The molecule has 0 spiro atoms. The Morgan fingerprint density at radius 1 is 0.923 bits per heavy atom. The second kappa shape index (κ2) is 7.81. The number of alkyl halides is 3. The largest absolute Gasteiger partial charge is 0.418 e. The summed E-state index contributed by atoms with van der Waals surface area (Å²) in [6.45, 7) is 0.578. The van der Waals surface area contributed by atoms with E-state index in [0.29, 0.717) is 6.54 Å². The first-order valence-electron chi connectivity index (χ1n) is 7.93. The number of hydrogen-bond acceptors (Lipinski definition) is 5. The molecule has 0 fully saturated rings. The summed E-state index contributed by atoms with van der Waals surface area (Å²) in [5.74, 6) is 0.425. The molecule has 0 unspecified atom stereocenters. The van der Waals surface area contributed by atoms with Gasteiger partial charge in [0.25, 0.3) is 0 Å². The van der Waals surface area contributed by atoms with Gasteiger partial charge in [0.15, 0.2) is 5.82 Å². The molecule has 1 heterocycles. The fourth-order valence-electron chi connectivity index (χ4n) is 2.38. The van der Waals surface area contributed by atoms with Crippen LogP contribution in [0.25, 0.3) is 0 Å². The van der Waals surface area contributed by atoms with Crippen LogP contribution in [0.4, 0.5) is 30.6 Å². The van der Waals surface area contributed by atoms with Gasteiger partial charge in [0.2, 0.25) is 5.95 Å². The van der Waals surface area contributed by atoms with Crippen LogP contribution in [-0.4, -0.2) is 21.7 Å². The first-order valence-corrected chi connectivity index (χ1v) is 7.93. The minimum atomic E-state index is -4.46. The SMILES string of the molecule is FC(F)(F)c1ccccc1Nc1cnnc(NCCc2ccccc2)n1. The fraction of sp³-hybridized carbons (Fsp3) is 0.167. The van der Waals surface area contributed by atoms with Crippen molar-refractivity contribution >= 4 is 17.5 Å². The van der Waals surface area contributed by atoms with Gasteiger partial charge in [-0.1, -0.05) is 42.5 Å². The monoisotopic (exact) mass is 359 g/mol. The standard InChI is InChI=1S/C18H16F3N5/c19-18(20,21)14-8-4-5-9-15(14)24-16-12-23-26-17(25-16)22-11-10-13-6-2-1-3-7-13/h1-9,12H,10-11H2,(H2,22,24,25,26). The van der Waals surface area contributed by atoms with E-state index in [0.717, 1.165) is 18.1 Å². The number of hydrogen-bond donors (Lipinski definition) is 2. The van der Waals surface area contributed by atoms with Crippen LogP contribution < -0.4 is 10.6 Å². The van der Waals surface area contributed by atoms with Crippen molar-refractivity contribution in [2.75, 3.05) is 17.2 Å². The average molecular weight is 359 g/mol. The molecular formula is C18H16F3N5. The van der Waals surface area contributed by atoms with E-state index < -0.39 is 11.7 Å². The third kappa shape index (κ3) is 4.69. The fourth-order valence-corrected chi connectivity index (χ4v) is 2.38. The highest BCUT2D eigenvalue weighted by Crippen LogP contribution is 2.35. The van der Waals surface area contributed by atoms with E-state index in [9.17, 15) is 13.2 Å². The molecule has 0 radical (unpaired) electrons. The van der Waals surface area contributed by atoms with Crippen LogP contribution in [0.1, 0.15) is 11.1 Å². The molecule has 3 aromatic rings. The van der Waals surface area contributed by atoms with Gasteiger partial charge in [0, 0.05) is 6.54 Å². The summed E-state index contributed by atoms with van der Waals surface area (Å²) >= 11 is 0. The molecule has 134 valence electrons. The summed E-state index contributed by atoms with van der Waals surface area (Å²) in [7, 11) is 0. The average Bonchev–Trinajstić information content (AvgIpc) is 2.63. The van der Waals surface area contributed by atoms with Crippen LogP contribution >= 0.6 is 0 Å². The van der Waals surface area contributed by atoms with Gasteiger partial charge in [-0.15, -0.1) is 5.10 Å². The molecule has 0 saturated carbocycles. The van der Waals surface area contributed by atoms with Gasteiger partial charge in [-0.3, -0.25) is 0 Å². The molecule has 3 rings (SSSR count). The van der Waals surface area contributed by atoms with Crippen LogP contribution in [0.2, 0.25) is 0 Å². The second-order valence-electron chi connectivity index (χ2n) is 5.50. The Bertz CT molecular complexity index is 853. The van der Waals surface area contributed by atoms with Crippen LogP contribution in [0.3, 0.4) is 0 Å². The molecule has 0 saturated heterocycles. The van der Waals surface area contributed by atoms with E-state index in [4.69, 9.17) is 0 Å². The lowest BCUT2D eigenvalue weighted by molar-refractivity contribution is -0.136. The lowest BCUT2D eigenvalue weighted by atomic mass is 10.1.